The van der Waals surface area contributed by atoms with Crippen LogP contribution in [0.2, 0.25) is 0 Å². The summed E-state index contributed by atoms with van der Waals surface area (Å²) < 4.78 is 0. The first-order valence-corrected chi connectivity index (χ1v) is 8.14. The first kappa shape index (κ1) is 14.9. The van der Waals surface area contributed by atoms with Crippen LogP contribution in [0.15, 0.2) is 11.2 Å². The van der Waals surface area contributed by atoms with E-state index in [0.29, 0.717) is 13.1 Å². The molecular weight excluding hydrogens is 274 g/mol. The van der Waals surface area contributed by atoms with Crippen LogP contribution < -0.4 is 16.0 Å². The summed E-state index contributed by atoms with van der Waals surface area (Å²) in [7, 11) is 0. The molecule has 1 saturated carbocycles. The SMILES string of the molecule is CCNc1cc(NCCNC(=O)C2CC2)nc(SC)n1. The zero-order valence-electron chi connectivity index (χ0n) is 11.9. The fourth-order valence-corrected chi connectivity index (χ4v) is 2.12. The summed E-state index contributed by atoms with van der Waals surface area (Å²) in [6.45, 7) is 4.13. The van der Waals surface area contributed by atoms with Crippen molar-refractivity contribution < 1.29 is 4.79 Å². The molecule has 7 heteroatoms. The number of amides is 1. The molecule has 0 spiro atoms. The van der Waals surface area contributed by atoms with Gasteiger partial charge in [0.15, 0.2) is 5.16 Å². The Hall–Kier alpha value is -1.50. The molecule has 0 aromatic carbocycles. The first-order chi connectivity index (χ1) is 9.72. The van der Waals surface area contributed by atoms with E-state index in [0.717, 1.165) is 36.2 Å². The van der Waals surface area contributed by atoms with E-state index in [1.54, 1.807) is 0 Å². The van der Waals surface area contributed by atoms with Gasteiger partial charge in [-0.25, -0.2) is 9.97 Å². The Morgan fingerprint density at radius 3 is 2.60 bits per heavy atom. The standard InChI is InChI=1S/C13H21N5OS/c1-3-14-10-8-11(18-13(17-10)20-2)15-6-7-16-12(19)9-4-5-9/h8-9H,3-7H2,1-2H3,(H,16,19)(H2,14,15,17,18). The number of carbonyl (C=O) groups is 1. The minimum atomic E-state index is 0.174. The third kappa shape index (κ3) is 4.56. The van der Waals surface area contributed by atoms with Crippen molar-refractivity contribution in [2.75, 3.05) is 36.5 Å². The van der Waals surface area contributed by atoms with Crippen LogP contribution in [0.4, 0.5) is 11.6 Å². The molecule has 1 heterocycles. The van der Waals surface area contributed by atoms with Crippen molar-refractivity contribution in [3.8, 4) is 0 Å². The van der Waals surface area contributed by atoms with Crippen molar-refractivity contribution in [1.29, 1.82) is 0 Å². The molecule has 6 nitrogen and oxygen atoms in total. The second-order valence-electron chi connectivity index (χ2n) is 4.65. The van der Waals surface area contributed by atoms with E-state index in [4.69, 9.17) is 0 Å². The molecule has 1 aliphatic carbocycles. The van der Waals surface area contributed by atoms with Crippen LogP contribution in [0, 0.1) is 5.92 Å². The van der Waals surface area contributed by atoms with Gasteiger partial charge in [-0.05, 0) is 26.0 Å². The third-order valence-corrected chi connectivity index (χ3v) is 3.47. The Morgan fingerprint density at radius 1 is 1.30 bits per heavy atom. The Kier molecular flexibility index (Phi) is 5.46. The molecule has 0 atom stereocenters. The predicted octanol–water partition coefficient (Wildman–Crippen LogP) is 1.57. The summed E-state index contributed by atoms with van der Waals surface area (Å²) in [6, 6.07) is 1.88. The lowest BCUT2D eigenvalue weighted by atomic mass is 10.4. The van der Waals surface area contributed by atoms with Crippen LogP contribution in [-0.4, -0.2) is 41.8 Å². The van der Waals surface area contributed by atoms with Gasteiger partial charge in [-0.1, -0.05) is 11.8 Å². The summed E-state index contributed by atoms with van der Waals surface area (Å²) in [5, 5.41) is 10.0. The average Bonchev–Trinajstić information content (AvgIpc) is 3.28. The van der Waals surface area contributed by atoms with Gasteiger partial charge < -0.3 is 16.0 Å². The normalized spacial score (nSPS) is 13.9. The van der Waals surface area contributed by atoms with E-state index in [2.05, 4.69) is 25.9 Å². The van der Waals surface area contributed by atoms with Crippen LogP contribution in [-0.2, 0) is 4.79 Å². The number of hydrogen-bond donors (Lipinski definition) is 3. The van der Waals surface area contributed by atoms with Crippen molar-refractivity contribution >= 4 is 29.3 Å². The summed E-state index contributed by atoms with van der Waals surface area (Å²) in [5.41, 5.74) is 0. The highest BCUT2D eigenvalue weighted by atomic mass is 32.2. The molecule has 1 aliphatic rings. The number of aromatic nitrogens is 2. The molecule has 0 bridgehead atoms. The van der Waals surface area contributed by atoms with Gasteiger partial charge >= 0.3 is 0 Å². The summed E-state index contributed by atoms with van der Waals surface area (Å²) in [5.74, 6) is 2.03. The highest BCUT2D eigenvalue weighted by Gasteiger charge is 2.28. The van der Waals surface area contributed by atoms with Gasteiger partial charge in [0.1, 0.15) is 11.6 Å². The van der Waals surface area contributed by atoms with Crippen LogP contribution in [0.1, 0.15) is 19.8 Å². The molecule has 1 aromatic rings. The number of nitrogens with one attached hydrogen (secondary N) is 3. The average molecular weight is 295 g/mol. The van der Waals surface area contributed by atoms with Gasteiger partial charge in [-0.3, -0.25) is 4.79 Å². The molecule has 0 aliphatic heterocycles. The van der Waals surface area contributed by atoms with Gasteiger partial charge in [0.25, 0.3) is 0 Å². The highest BCUT2D eigenvalue weighted by molar-refractivity contribution is 7.98. The predicted molar refractivity (Wildman–Crippen MR) is 82.2 cm³/mol. The lowest BCUT2D eigenvalue weighted by Crippen LogP contribution is -2.30. The number of nitrogens with zero attached hydrogens (tertiary/aromatic N) is 2. The zero-order valence-corrected chi connectivity index (χ0v) is 12.7. The first-order valence-electron chi connectivity index (χ1n) is 6.91. The molecule has 0 unspecified atom stereocenters. The van der Waals surface area contributed by atoms with Gasteiger partial charge in [0, 0.05) is 31.6 Å². The Balaban J connectivity index is 1.81. The van der Waals surface area contributed by atoms with Crippen LogP contribution in [0.25, 0.3) is 0 Å². The molecule has 0 saturated heterocycles. The lowest BCUT2D eigenvalue weighted by molar-refractivity contribution is -0.122. The number of rotatable bonds is 8. The summed E-state index contributed by atoms with van der Waals surface area (Å²) >= 11 is 1.51. The number of hydrogen-bond acceptors (Lipinski definition) is 6. The maximum atomic E-state index is 11.5. The van der Waals surface area contributed by atoms with Gasteiger partial charge in [0.05, 0.1) is 0 Å². The molecule has 2 rings (SSSR count). The van der Waals surface area contributed by atoms with Crippen LogP contribution in [0.5, 0.6) is 0 Å². The van der Waals surface area contributed by atoms with E-state index in [-0.39, 0.29) is 11.8 Å². The molecular formula is C13H21N5OS. The molecule has 3 N–H and O–H groups in total. The van der Waals surface area contributed by atoms with Crippen molar-refractivity contribution in [3.63, 3.8) is 0 Å². The van der Waals surface area contributed by atoms with Crippen LogP contribution in [0.3, 0.4) is 0 Å². The largest absolute Gasteiger partial charge is 0.370 e. The van der Waals surface area contributed by atoms with E-state index in [9.17, 15) is 4.79 Å². The molecule has 20 heavy (non-hydrogen) atoms. The maximum absolute atomic E-state index is 11.5. The highest BCUT2D eigenvalue weighted by Crippen LogP contribution is 2.28. The fraction of sp³-hybridized carbons (Fsp3) is 0.615. The second-order valence-corrected chi connectivity index (χ2v) is 5.42. The summed E-state index contributed by atoms with van der Waals surface area (Å²) in [4.78, 5) is 20.2. The Morgan fingerprint density at radius 2 is 2.00 bits per heavy atom. The second kappa shape index (κ2) is 7.33. The van der Waals surface area contributed by atoms with E-state index in [1.165, 1.54) is 11.8 Å². The van der Waals surface area contributed by atoms with Crippen molar-refractivity contribution in [2.45, 2.75) is 24.9 Å². The zero-order chi connectivity index (χ0) is 14.4. The number of thioether (sulfide) groups is 1. The minimum Gasteiger partial charge on any atom is -0.370 e. The van der Waals surface area contributed by atoms with Crippen molar-refractivity contribution in [1.82, 2.24) is 15.3 Å². The Labute approximate surface area is 123 Å². The Bertz CT molecular complexity index is 464. The maximum Gasteiger partial charge on any atom is 0.223 e. The molecule has 1 fully saturated rings. The monoisotopic (exact) mass is 295 g/mol. The smallest absolute Gasteiger partial charge is 0.223 e. The van der Waals surface area contributed by atoms with Gasteiger partial charge in [-0.2, -0.15) is 0 Å². The third-order valence-electron chi connectivity index (χ3n) is 2.92. The minimum absolute atomic E-state index is 0.174. The lowest BCUT2D eigenvalue weighted by Gasteiger charge is -2.10. The fourth-order valence-electron chi connectivity index (χ4n) is 1.74. The van der Waals surface area contributed by atoms with Crippen LogP contribution >= 0.6 is 11.8 Å². The van der Waals surface area contributed by atoms with Crippen molar-refractivity contribution in [3.05, 3.63) is 6.07 Å². The van der Waals surface area contributed by atoms with Gasteiger partial charge in [-0.15, -0.1) is 0 Å². The molecule has 1 aromatic heterocycles. The van der Waals surface area contributed by atoms with Crippen molar-refractivity contribution in [2.24, 2.45) is 5.92 Å². The van der Waals surface area contributed by atoms with E-state index in [1.807, 2.05) is 19.2 Å². The quantitative estimate of drug-likeness (QED) is 0.384. The molecule has 110 valence electrons. The summed E-state index contributed by atoms with van der Waals surface area (Å²) in [6.07, 6.45) is 4.02. The number of carbonyl (C=O) groups excluding carboxylic acids is 1. The van der Waals surface area contributed by atoms with Gasteiger partial charge in [0.2, 0.25) is 5.91 Å². The topological polar surface area (TPSA) is 78.9 Å². The number of anilines is 2. The van der Waals surface area contributed by atoms with E-state index >= 15 is 0 Å². The van der Waals surface area contributed by atoms with E-state index < -0.39 is 0 Å². The molecule has 1 amide bonds. The molecule has 0 radical (unpaired) electrons.